The summed E-state index contributed by atoms with van der Waals surface area (Å²) in [6.45, 7) is 7.65. The van der Waals surface area contributed by atoms with Gasteiger partial charge in [-0.2, -0.15) is 0 Å². The number of methoxy groups -OCH3 is 1. The van der Waals surface area contributed by atoms with E-state index in [2.05, 4.69) is 0 Å². The van der Waals surface area contributed by atoms with Gasteiger partial charge in [-0.1, -0.05) is 42.5 Å². The van der Waals surface area contributed by atoms with Crippen molar-refractivity contribution in [2.24, 2.45) is 0 Å². The number of amides is 2. The van der Waals surface area contributed by atoms with Gasteiger partial charge in [0.15, 0.2) is 6.10 Å². The van der Waals surface area contributed by atoms with Crippen LogP contribution in [0.2, 0.25) is 0 Å². The second-order valence-corrected chi connectivity index (χ2v) is 9.01. The number of hydrogen-bond acceptors (Lipinski definition) is 5. The molecule has 0 aromatic heterocycles. The van der Waals surface area contributed by atoms with Crippen molar-refractivity contribution in [1.82, 2.24) is 9.80 Å². The maximum absolute atomic E-state index is 13.1. The Morgan fingerprint density at radius 2 is 1.70 bits per heavy atom. The molecule has 33 heavy (non-hydrogen) atoms. The summed E-state index contributed by atoms with van der Waals surface area (Å²) in [5, 5.41) is 0. The Hall–Kier alpha value is -3.19. The van der Waals surface area contributed by atoms with Crippen molar-refractivity contribution < 1.29 is 23.9 Å². The van der Waals surface area contributed by atoms with Crippen LogP contribution in [0, 0.1) is 0 Å². The first-order valence-electron chi connectivity index (χ1n) is 11.1. The fourth-order valence-electron chi connectivity index (χ4n) is 4.37. The minimum absolute atomic E-state index is 0.00636. The molecule has 0 N–H and O–H groups in total. The number of likely N-dealkylation sites (N-methyl/N-ethyl adjacent to an activating group) is 1. The molecule has 1 saturated heterocycles. The summed E-state index contributed by atoms with van der Waals surface area (Å²) in [6.07, 6.45) is -0.372. The van der Waals surface area contributed by atoms with Gasteiger partial charge in [-0.05, 0) is 51.0 Å². The number of benzene rings is 2. The molecule has 0 spiro atoms. The first-order chi connectivity index (χ1) is 15.6. The van der Waals surface area contributed by atoms with E-state index in [-0.39, 0.29) is 17.9 Å². The molecule has 176 valence electrons. The van der Waals surface area contributed by atoms with E-state index in [0.717, 1.165) is 5.56 Å². The summed E-state index contributed by atoms with van der Waals surface area (Å²) in [4.78, 5) is 41.6. The van der Waals surface area contributed by atoms with Gasteiger partial charge in [-0.25, -0.2) is 4.79 Å². The molecule has 2 amide bonds. The third-order valence-corrected chi connectivity index (χ3v) is 5.96. The maximum Gasteiger partial charge on any atom is 0.328 e. The molecule has 0 bridgehead atoms. The molecule has 1 aliphatic rings. The Balaban J connectivity index is 1.79. The molecule has 1 unspecified atom stereocenters. The number of esters is 1. The minimum atomic E-state index is -0.760. The van der Waals surface area contributed by atoms with Crippen molar-refractivity contribution in [3.63, 3.8) is 0 Å². The maximum atomic E-state index is 13.1. The van der Waals surface area contributed by atoms with Crippen molar-refractivity contribution in [3.05, 3.63) is 71.3 Å². The first-order valence-corrected chi connectivity index (χ1v) is 11.1. The molecule has 7 nitrogen and oxygen atoms in total. The van der Waals surface area contributed by atoms with Gasteiger partial charge in [0.25, 0.3) is 11.8 Å². The Bertz CT molecular complexity index is 1000. The Labute approximate surface area is 195 Å². The smallest absolute Gasteiger partial charge is 0.328 e. The Kier molecular flexibility index (Phi) is 7.22. The number of nitrogens with zero attached hydrogens (tertiary/aromatic N) is 2. The third-order valence-electron chi connectivity index (χ3n) is 5.96. The van der Waals surface area contributed by atoms with Gasteiger partial charge in [0.1, 0.15) is 11.8 Å². The average molecular weight is 453 g/mol. The lowest BCUT2D eigenvalue weighted by atomic mass is 10.0. The zero-order valence-corrected chi connectivity index (χ0v) is 20.1. The number of carbonyl (C=O) groups is 3. The van der Waals surface area contributed by atoms with Crippen molar-refractivity contribution >= 4 is 17.8 Å². The summed E-state index contributed by atoms with van der Waals surface area (Å²) in [6, 6.07) is 15.5. The van der Waals surface area contributed by atoms with Gasteiger partial charge in [-0.15, -0.1) is 0 Å². The molecular weight excluding hydrogens is 420 g/mol. The lowest BCUT2D eigenvalue weighted by molar-refractivity contribution is -0.145. The molecule has 0 saturated carbocycles. The first kappa shape index (κ1) is 24.5. The summed E-state index contributed by atoms with van der Waals surface area (Å²) in [5.41, 5.74) is 1.31. The normalized spacial score (nSPS) is 18.3. The van der Waals surface area contributed by atoms with Crippen LogP contribution in [-0.4, -0.2) is 59.5 Å². The fourth-order valence-corrected chi connectivity index (χ4v) is 4.37. The minimum Gasteiger partial charge on any atom is -0.467 e. The highest BCUT2D eigenvalue weighted by atomic mass is 16.6. The highest BCUT2D eigenvalue weighted by molar-refractivity contribution is 5.97. The summed E-state index contributed by atoms with van der Waals surface area (Å²) < 4.78 is 11.0. The van der Waals surface area contributed by atoms with E-state index < -0.39 is 23.8 Å². The zero-order chi connectivity index (χ0) is 24.3. The van der Waals surface area contributed by atoms with E-state index in [1.54, 1.807) is 36.2 Å². The largest absolute Gasteiger partial charge is 0.467 e. The number of carbonyl (C=O) groups excluding carboxylic acids is 3. The monoisotopic (exact) mass is 452 g/mol. The Morgan fingerprint density at radius 3 is 2.21 bits per heavy atom. The summed E-state index contributed by atoms with van der Waals surface area (Å²) in [5.74, 6) is -0.886. The van der Waals surface area contributed by atoms with Crippen LogP contribution in [0.5, 0.6) is 0 Å². The van der Waals surface area contributed by atoms with Crippen LogP contribution in [0.3, 0.4) is 0 Å². The summed E-state index contributed by atoms with van der Waals surface area (Å²) >= 11 is 0. The van der Waals surface area contributed by atoms with E-state index in [1.165, 1.54) is 12.0 Å². The van der Waals surface area contributed by atoms with Crippen molar-refractivity contribution in [2.45, 2.75) is 58.0 Å². The van der Waals surface area contributed by atoms with Crippen LogP contribution in [0.25, 0.3) is 0 Å². The average Bonchev–Trinajstić information content (AvgIpc) is 3.05. The highest BCUT2D eigenvalue weighted by Gasteiger charge is 2.47. The second-order valence-electron chi connectivity index (χ2n) is 9.01. The topological polar surface area (TPSA) is 76.2 Å². The molecule has 2 aromatic carbocycles. The van der Waals surface area contributed by atoms with Crippen molar-refractivity contribution in [1.29, 1.82) is 0 Å². The van der Waals surface area contributed by atoms with Gasteiger partial charge in [0.2, 0.25) is 0 Å². The fraction of sp³-hybridized carbons (Fsp3) is 0.423. The lowest BCUT2D eigenvalue weighted by Gasteiger charge is -2.32. The molecule has 2 atom stereocenters. The predicted molar refractivity (Wildman–Crippen MR) is 124 cm³/mol. The highest BCUT2D eigenvalue weighted by Crippen LogP contribution is 2.38. The van der Waals surface area contributed by atoms with Gasteiger partial charge in [0, 0.05) is 25.1 Å². The van der Waals surface area contributed by atoms with Crippen LogP contribution in [0.4, 0.5) is 0 Å². The van der Waals surface area contributed by atoms with Crippen LogP contribution in [-0.2, 0) is 25.5 Å². The Morgan fingerprint density at radius 1 is 1.09 bits per heavy atom. The van der Waals surface area contributed by atoms with Crippen molar-refractivity contribution in [3.8, 4) is 0 Å². The quantitative estimate of drug-likeness (QED) is 0.600. The van der Waals surface area contributed by atoms with Gasteiger partial charge >= 0.3 is 5.97 Å². The standard InChI is InChI=1S/C26H32N2O5/c1-17(2)28-24(30)22(33-26(28,3)4)19-12-14-20(15-13-19)23(29)27(5)21(25(31)32-6)16-18-10-8-7-9-11-18/h7-15,17,21-22H,16H2,1-6H3/t21-,22?/m0/s1. The van der Waals surface area contributed by atoms with Crippen molar-refractivity contribution in [2.75, 3.05) is 14.2 Å². The predicted octanol–water partition coefficient (Wildman–Crippen LogP) is 3.59. The molecular formula is C26H32N2O5. The number of ether oxygens (including phenoxy) is 2. The molecule has 0 aliphatic carbocycles. The lowest BCUT2D eigenvalue weighted by Crippen LogP contribution is -2.46. The molecule has 1 fully saturated rings. The van der Waals surface area contributed by atoms with Crippen LogP contribution in [0.1, 0.15) is 55.3 Å². The molecule has 2 aromatic rings. The molecule has 3 rings (SSSR count). The SMILES string of the molecule is COC(=O)[C@H](Cc1ccccc1)N(C)C(=O)c1ccc(C2OC(C)(C)N(C(C)C)C2=O)cc1. The zero-order valence-electron chi connectivity index (χ0n) is 20.1. The second kappa shape index (κ2) is 9.75. The van der Waals surface area contributed by atoms with E-state index in [9.17, 15) is 14.4 Å². The van der Waals surface area contributed by atoms with Gasteiger partial charge in [0.05, 0.1) is 7.11 Å². The van der Waals surface area contributed by atoms with E-state index in [1.807, 2.05) is 58.0 Å². The number of hydrogen-bond donors (Lipinski definition) is 0. The molecule has 0 radical (unpaired) electrons. The van der Waals surface area contributed by atoms with E-state index in [0.29, 0.717) is 17.5 Å². The van der Waals surface area contributed by atoms with E-state index in [4.69, 9.17) is 9.47 Å². The van der Waals surface area contributed by atoms with Crippen LogP contribution in [0.15, 0.2) is 54.6 Å². The summed E-state index contributed by atoms with van der Waals surface area (Å²) in [7, 11) is 2.90. The van der Waals surface area contributed by atoms with Crippen LogP contribution < -0.4 is 0 Å². The number of rotatable bonds is 7. The molecule has 1 aliphatic heterocycles. The van der Waals surface area contributed by atoms with E-state index >= 15 is 0 Å². The third kappa shape index (κ3) is 5.09. The van der Waals surface area contributed by atoms with Crippen LogP contribution >= 0.6 is 0 Å². The molecule has 7 heteroatoms. The van der Waals surface area contributed by atoms with Gasteiger partial charge in [-0.3, -0.25) is 9.59 Å². The van der Waals surface area contributed by atoms with Gasteiger partial charge < -0.3 is 19.3 Å². The molecule has 1 heterocycles.